The van der Waals surface area contributed by atoms with Crippen LogP contribution in [0.4, 0.5) is 5.69 Å². The molecule has 1 amide bonds. The van der Waals surface area contributed by atoms with Crippen molar-refractivity contribution in [2.24, 2.45) is 0 Å². The molecule has 16 heavy (non-hydrogen) atoms. The molecule has 2 rings (SSSR count). The van der Waals surface area contributed by atoms with Crippen LogP contribution < -0.4 is 10.9 Å². The van der Waals surface area contributed by atoms with Crippen molar-refractivity contribution in [2.75, 3.05) is 5.43 Å². The van der Waals surface area contributed by atoms with Crippen molar-refractivity contribution in [1.82, 2.24) is 15.4 Å². The van der Waals surface area contributed by atoms with Crippen LogP contribution in [0.5, 0.6) is 0 Å². The summed E-state index contributed by atoms with van der Waals surface area (Å²) >= 11 is 0. The lowest BCUT2D eigenvalue weighted by atomic mass is 10.3. The SMILES string of the molecule is O=C(NNc1cccnc1)c1cccnc1. The minimum absolute atomic E-state index is 0.239. The second kappa shape index (κ2) is 4.88. The van der Waals surface area contributed by atoms with Gasteiger partial charge in [0.05, 0.1) is 17.4 Å². The van der Waals surface area contributed by atoms with E-state index in [0.29, 0.717) is 5.56 Å². The molecule has 0 saturated heterocycles. The average molecular weight is 214 g/mol. The lowest BCUT2D eigenvalue weighted by molar-refractivity contribution is 0.0962. The minimum Gasteiger partial charge on any atom is -0.297 e. The molecule has 0 aliphatic rings. The standard InChI is InChI=1S/C11H10N4O/c16-11(9-3-1-5-12-7-9)15-14-10-4-2-6-13-8-10/h1-8,14H,(H,15,16). The van der Waals surface area contributed by atoms with Crippen LogP contribution >= 0.6 is 0 Å². The number of nitrogens with one attached hydrogen (secondary N) is 2. The highest BCUT2D eigenvalue weighted by atomic mass is 16.2. The minimum atomic E-state index is -0.239. The zero-order valence-corrected chi connectivity index (χ0v) is 8.42. The molecule has 0 aliphatic carbocycles. The van der Waals surface area contributed by atoms with E-state index >= 15 is 0 Å². The number of hydrogen-bond donors (Lipinski definition) is 2. The molecular formula is C11H10N4O. The molecule has 0 aliphatic heterocycles. The maximum atomic E-state index is 11.6. The summed E-state index contributed by atoms with van der Waals surface area (Å²) in [5, 5.41) is 0. The van der Waals surface area contributed by atoms with E-state index in [1.165, 1.54) is 6.20 Å². The smallest absolute Gasteiger partial charge is 0.271 e. The van der Waals surface area contributed by atoms with Gasteiger partial charge in [-0.2, -0.15) is 0 Å². The fourth-order valence-electron chi connectivity index (χ4n) is 1.13. The normalized spacial score (nSPS) is 9.50. The van der Waals surface area contributed by atoms with Gasteiger partial charge >= 0.3 is 0 Å². The Morgan fingerprint density at radius 1 is 1.06 bits per heavy atom. The van der Waals surface area contributed by atoms with Gasteiger partial charge < -0.3 is 0 Å². The third-order valence-corrected chi connectivity index (χ3v) is 1.91. The van der Waals surface area contributed by atoms with Gasteiger partial charge in [0.2, 0.25) is 0 Å². The third-order valence-electron chi connectivity index (χ3n) is 1.91. The van der Waals surface area contributed by atoms with Gasteiger partial charge in [-0.15, -0.1) is 0 Å². The second-order valence-corrected chi connectivity index (χ2v) is 3.06. The van der Waals surface area contributed by atoms with Gasteiger partial charge in [-0.05, 0) is 24.3 Å². The first kappa shape index (κ1) is 10.1. The highest BCUT2D eigenvalue weighted by molar-refractivity contribution is 5.94. The highest BCUT2D eigenvalue weighted by Gasteiger charge is 2.03. The molecule has 0 fully saturated rings. The van der Waals surface area contributed by atoms with Crippen LogP contribution in [-0.2, 0) is 0 Å². The van der Waals surface area contributed by atoms with Gasteiger partial charge in [0, 0.05) is 18.6 Å². The maximum absolute atomic E-state index is 11.6. The number of anilines is 1. The van der Waals surface area contributed by atoms with E-state index < -0.39 is 0 Å². The molecule has 0 radical (unpaired) electrons. The Bertz CT molecular complexity index is 458. The van der Waals surface area contributed by atoms with Crippen LogP contribution in [0.25, 0.3) is 0 Å². The van der Waals surface area contributed by atoms with E-state index in [1.54, 1.807) is 42.9 Å². The van der Waals surface area contributed by atoms with E-state index in [0.717, 1.165) is 5.69 Å². The van der Waals surface area contributed by atoms with E-state index in [2.05, 4.69) is 20.8 Å². The highest BCUT2D eigenvalue weighted by Crippen LogP contribution is 2.01. The molecule has 0 aromatic carbocycles. The first-order valence-electron chi connectivity index (χ1n) is 4.72. The topological polar surface area (TPSA) is 66.9 Å². The quantitative estimate of drug-likeness (QED) is 0.754. The van der Waals surface area contributed by atoms with Crippen LogP contribution in [-0.4, -0.2) is 15.9 Å². The fraction of sp³-hybridized carbons (Fsp3) is 0. The Kier molecular flexibility index (Phi) is 3.08. The van der Waals surface area contributed by atoms with Gasteiger partial charge in [0.15, 0.2) is 0 Å². The predicted octanol–water partition coefficient (Wildman–Crippen LogP) is 1.23. The van der Waals surface area contributed by atoms with Crippen molar-refractivity contribution in [3.63, 3.8) is 0 Å². The molecular weight excluding hydrogens is 204 g/mol. The number of rotatable bonds is 3. The van der Waals surface area contributed by atoms with Crippen molar-refractivity contribution in [3.05, 3.63) is 54.6 Å². The number of carbonyl (C=O) groups is 1. The summed E-state index contributed by atoms with van der Waals surface area (Å²) in [6, 6.07) is 6.97. The van der Waals surface area contributed by atoms with E-state index in [-0.39, 0.29) is 5.91 Å². The first-order chi connectivity index (χ1) is 7.86. The predicted molar refractivity (Wildman–Crippen MR) is 59.6 cm³/mol. The van der Waals surface area contributed by atoms with E-state index in [1.807, 2.05) is 0 Å². The summed E-state index contributed by atoms with van der Waals surface area (Å²) in [5.74, 6) is -0.239. The largest absolute Gasteiger partial charge is 0.297 e. The molecule has 2 heterocycles. The Labute approximate surface area is 92.5 Å². The third kappa shape index (κ3) is 2.54. The Morgan fingerprint density at radius 3 is 2.44 bits per heavy atom. The van der Waals surface area contributed by atoms with Gasteiger partial charge in [-0.3, -0.25) is 25.6 Å². The monoisotopic (exact) mass is 214 g/mol. The van der Waals surface area contributed by atoms with Crippen LogP contribution in [0.3, 0.4) is 0 Å². The molecule has 0 atom stereocenters. The summed E-state index contributed by atoms with van der Waals surface area (Å²) in [5.41, 5.74) is 6.52. The van der Waals surface area contributed by atoms with Gasteiger partial charge in [0.25, 0.3) is 5.91 Å². The molecule has 0 saturated carbocycles. The van der Waals surface area contributed by atoms with Gasteiger partial charge in [-0.1, -0.05) is 0 Å². The molecule has 5 heteroatoms. The molecule has 2 aromatic heterocycles. The van der Waals surface area contributed by atoms with Crippen molar-refractivity contribution >= 4 is 11.6 Å². The summed E-state index contributed by atoms with van der Waals surface area (Å²) in [6.45, 7) is 0. The van der Waals surface area contributed by atoms with Crippen molar-refractivity contribution < 1.29 is 4.79 Å². The lowest BCUT2D eigenvalue weighted by Crippen LogP contribution is -2.29. The fourth-order valence-corrected chi connectivity index (χ4v) is 1.13. The summed E-state index contributed by atoms with van der Waals surface area (Å²) < 4.78 is 0. The van der Waals surface area contributed by atoms with Crippen molar-refractivity contribution in [1.29, 1.82) is 0 Å². The maximum Gasteiger partial charge on any atom is 0.271 e. The number of aromatic nitrogens is 2. The molecule has 0 unspecified atom stereocenters. The zero-order chi connectivity index (χ0) is 11.2. The number of carbonyl (C=O) groups excluding carboxylic acids is 1. The van der Waals surface area contributed by atoms with Gasteiger partial charge in [-0.25, -0.2) is 0 Å². The average Bonchev–Trinajstić information content (AvgIpc) is 2.38. The van der Waals surface area contributed by atoms with Crippen LogP contribution in [0.1, 0.15) is 10.4 Å². The Morgan fingerprint density at radius 2 is 1.81 bits per heavy atom. The molecule has 0 bridgehead atoms. The van der Waals surface area contributed by atoms with Crippen molar-refractivity contribution in [3.8, 4) is 0 Å². The van der Waals surface area contributed by atoms with Crippen LogP contribution in [0.15, 0.2) is 49.1 Å². The van der Waals surface area contributed by atoms with Crippen molar-refractivity contribution in [2.45, 2.75) is 0 Å². The number of hydrazine groups is 1. The Balaban J connectivity index is 1.95. The molecule has 80 valence electrons. The second-order valence-electron chi connectivity index (χ2n) is 3.06. The van der Waals surface area contributed by atoms with E-state index in [9.17, 15) is 4.79 Å². The number of nitrogens with zero attached hydrogens (tertiary/aromatic N) is 2. The number of hydrogen-bond acceptors (Lipinski definition) is 4. The number of pyridine rings is 2. The molecule has 5 nitrogen and oxygen atoms in total. The Hall–Kier alpha value is -2.43. The summed E-state index contributed by atoms with van der Waals surface area (Å²) in [7, 11) is 0. The van der Waals surface area contributed by atoms with Gasteiger partial charge in [0.1, 0.15) is 0 Å². The van der Waals surface area contributed by atoms with Crippen LogP contribution in [0, 0.1) is 0 Å². The number of amides is 1. The van der Waals surface area contributed by atoms with Crippen LogP contribution in [0.2, 0.25) is 0 Å². The zero-order valence-electron chi connectivity index (χ0n) is 8.42. The lowest BCUT2D eigenvalue weighted by Gasteiger charge is -2.07. The first-order valence-corrected chi connectivity index (χ1v) is 4.72. The molecule has 2 N–H and O–H groups in total. The molecule has 0 spiro atoms. The summed E-state index contributed by atoms with van der Waals surface area (Å²) in [4.78, 5) is 19.4. The summed E-state index contributed by atoms with van der Waals surface area (Å²) in [6.07, 6.45) is 6.39. The molecule has 2 aromatic rings. The van der Waals surface area contributed by atoms with E-state index in [4.69, 9.17) is 0 Å².